The van der Waals surface area contributed by atoms with Crippen molar-refractivity contribution in [2.45, 2.75) is 6.54 Å². The van der Waals surface area contributed by atoms with Crippen LogP contribution in [0.25, 0.3) is 0 Å². The molecular formula is C16H16BrN3O5. The first kappa shape index (κ1) is 18.5. The van der Waals surface area contributed by atoms with Gasteiger partial charge >= 0.3 is 6.09 Å². The molecule has 1 heterocycles. The quantitative estimate of drug-likeness (QED) is 0.677. The van der Waals surface area contributed by atoms with E-state index in [4.69, 9.17) is 4.42 Å². The minimum absolute atomic E-state index is 0.119. The van der Waals surface area contributed by atoms with E-state index in [-0.39, 0.29) is 18.2 Å². The molecule has 8 nitrogen and oxygen atoms in total. The smallest absolute Gasteiger partial charge is 0.411 e. The van der Waals surface area contributed by atoms with Gasteiger partial charge in [0, 0.05) is 12.2 Å². The third-order valence-electron chi connectivity index (χ3n) is 3.08. The maximum absolute atomic E-state index is 11.8. The first-order valence-electron chi connectivity index (χ1n) is 7.22. The summed E-state index contributed by atoms with van der Waals surface area (Å²) < 4.78 is 10.0. The van der Waals surface area contributed by atoms with Crippen molar-refractivity contribution in [3.8, 4) is 0 Å². The van der Waals surface area contributed by atoms with Gasteiger partial charge in [-0.3, -0.25) is 14.9 Å². The minimum atomic E-state index is -0.555. The summed E-state index contributed by atoms with van der Waals surface area (Å²) in [6.45, 7) is 0.124. The Bertz CT molecular complexity index is 757. The normalized spacial score (nSPS) is 10.0. The summed E-state index contributed by atoms with van der Waals surface area (Å²) in [5.41, 5.74) is 1.42. The van der Waals surface area contributed by atoms with Crippen molar-refractivity contribution in [3.63, 3.8) is 0 Å². The van der Waals surface area contributed by atoms with Crippen LogP contribution in [0.4, 0.5) is 10.5 Å². The fourth-order valence-corrected chi connectivity index (χ4v) is 2.13. The van der Waals surface area contributed by atoms with Crippen LogP contribution in [0.5, 0.6) is 0 Å². The van der Waals surface area contributed by atoms with Gasteiger partial charge in [0.2, 0.25) is 5.91 Å². The van der Waals surface area contributed by atoms with Gasteiger partial charge in [-0.15, -0.1) is 0 Å². The Morgan fingerprint density at radius 3 is 2.40 bits per heavy atom. The molecule has 2 aromatic rings. The summed E-state index contributed by atoms with van der Waals surface area (Å²) >= 11 is 3.10. The second-order valence-corrected chi connectivity index (χ2v) is 5.66. The van der Waals surface area contributed by atoms with Crippen LogP contribution in [0.15, 0.2) is 45.5 Å². The maximum Gasteiger partial charge on any atom is 0.411 e. The van der Waals surface area contributed by atoms with Crippen molar-refractivity contribution in [1.82, 2.24) is 10.6 Å². The highest BCUT2D eigenvalue weighted by Gasteiger charge is 2.11. The van der Waals surface area contributed by atoms with Crippen LogP contribution in [0.2, 0.25) is 0 Å². The number of hydrogen-bond donors (Lipinski definition) is 3. The third kappa shape index (κ3) is 5.96. The zero-order valence-corrected chi connectivity index (χ0v) is 14.9. The Labute approximate surface area is 152 Å². The molecule has 25 heavy (non-hydrogen) atoms. The predicted octanol–water partition coefficient (Wildman–Crippen LogP) is 2.27. The van der Waals surface area contributed by atoms with Crippen molar-refractivity contribution in [2.75, 3.05) is 19.0 Å². The highest BCUT2D eigenvalue weighted by atomic mass is 79.9. The van der Waals surface area contributed by atoms with Gasteiger partial charge in [-0.1, -0.05) is 12.1 Å². The number of amides is 3. The van der Waals surface area contributed by atoms with E-state index in [9.17, 15) is 14.4 Å². The van der Waals surface area contributed by atoms with Gasteiger partial charge in [0.05, 0.1) is 13.7 Å². The number of halogens is 1. The maximum atomic E-state index is 11.8. The monoisotopic (exact) mass is 409 g/mol. The number of anilines is 1. The lowest BCUT2D eigenvalue weighted by atomic mass is 10.2. The lowest BCUT2D eigenvalue weighted by Gasteiger charge is -2.08. The van der Waals surface area contributed by atoms with E-state index in [1.807, 2.05) is 0 Å². The average Bonchev–Trinajstić information content (AvgIpc) is 3.05. The van der Waals surface area contributed by atoms with Crippen molar-refractivity contribution >= 4 is 39.5 Å². The fourth-order valence-electron chi connectivity index (χ4n) is 1.82. The molecule has 9 heteroatoms. The topological polar surface area (TPSA) is 110 Å². The molecule has 0 spiro atoms. The number of carbonyl (C=O) groups is 3. The Morgan fingerprint density at radius 1 is 1.08 bits per heavy atom. The van der Waals surface area contributed by atoms with E-state index in [1.165, 1.54) is 13.2 Å². The first-order chi connectivity index (χ1) is 12.0. The fraction of sp³-hybridized carbons (Fsp3) is 0.188. The second-order valence-electron chi connectivity index (χ2n) is 4.88. The number of furan rings is 1. The summed E-state index contributed by atoms with van der Waals surface area (Å²) in [6.07, 6.45) is -0.555. The first-order valence-corrected chi connectivity index (χ1v) is 8.01. The Kier molecular flexibility index (Phi) is 6.58. The molecule has 1 aromatic heterocycles. The van der Waals surface area contributed by atoms with Crippen molar-refractivity contribution < 1.29 is 23.5 Å². The average molecular weight is 410 g/mol. The van der Waals surface area contributed by atoms with Gasteiger partial charge in [0.25, 0.3) is 5.91 Å². The molecule has 1 aromatic carbocycles. The molecular weight excluding hydrogens is 394 g/mol. The SMILES string of the molecule is COC(=O)Nc1ccc(CNC(=O)CNC(=O)c2ccc(Br)o2)cc1. The van der Waals surface area contributed by atoms with Gasteiger partial charge < -0.3 is 19.8 Å². The van der Waals surface area contributed by atoms with Crippen LogP contribution >= 0.6 is 15.9 Å². The minimum Gasteiger partial charge on any atom is -0.453 e. The van der Waals surface area contributed by atoms with E-state index in [2.05, 4.69) is 36.6 Å². The zero-order chi connectivity index (χ0) is 18.2. The molecule has 132 valence electrons. The van der Waals surface area contributed by atoms with Crippen LogP contribution < -0.4 is 16.0 Å². The third-order valence-corrected chi connectivity index (χ3v) is 3.51. The van der Waals surface area contributed by atoms with Gasteiger partial charge in [-0.25, -0.2) is 4.79 Å². The summed E-state index contributed by atoms with van der Waals surface area (Å²) in [5.74, 6) is -0.691. The molecule has 0 saturated heterocycles. The summed E-state index contributed by atoms with van der Waals surface area (Å²) in [6, 6.07) is 9.98. The van der Waals surface area contributed by atoms with E-state index in [1.54, 1.807) is 30.3 Å². The lowest BCUT2D eigenvalue weighted by molar-refractivity contribution is -0.120. The lowest BCUT2D eigenvalue weighted by Crippen LogP contribution is -2.36. The highest BCUT2D eigenvalue weighted by molar-refractivity contribution is 9.10. The summed E-state index contributed by atoms with van der Waals surface area (Å²) in [5, 5.41) is 7.66. The Morgan fingerprint density at radius 2 is 1.80 bits per heavy atom. The molecule has 3 amide bonds. The van der Waals surface area contributed by atoms with Gasteiger partial charge in [-0.05, 0) is 45.8 Å². The summed E-state index contributed by atoms with van der Waals surface area (Å²) in [7, 11) is 1.28. The number of carbonyl (C=O) groups excluding carboxylic acids is 3. The molecule has 0 atom stereocenters. The zero-order valence-electron chi connectivity index (χ0n) is 13.3. The van der Waals surface area contributed by atoms with E-state index < -0.39 is 12.0 Å². The highest BCUT2D eigenvalue weighted by Crippen LogP contribution is 2.13. The Balaban J connectivity index is 1.74. The number of benzene rings is 1. The Hall–Kier alpha value is -2.81. The van der Waals surface area contributed by atoms with Gasteiger partial charge in [0.1, 0.15) is 0 Å². The molecule has 0 aliphatic heterocycles. The van der Waals surface area contributed by atoms with Gasteiger partial charge in [0.15, 0.2) is 10.4 Å². The van der Waals surface area contributed by atoms with Crippen molar-refractivity contribution in [2.24, 2.45) is 0 Å². The molecule has 0 radical (unpaired) electrons. The standard InChI is InChI=1S/C16H16BrN3O5/c1-24-16(23)20-11-4-2-10(3-5-11)8-18-14(21)9-19-15(22)12-6-7-13(17)25-12/h2-7H,8-9H2,1H3,(H,18,21)(H,19,22)(H,20,23). The van der Waals surface area contributed by atoms with Crippen LogP contribution in [0.1, 0.15) is 16.1 Å². The second kappa shape index (κ2) is 8.88. The van der Waals surface area contributed by atoms with E-state index >= 15 is 0 Å². The molecule has 0 saturated carbocycles. The van der Waals surface area contributed by atoms with Crippen LogP contribution in [-0.4, -0.2) is 31.6 Å². The van der Waals surface area contributed by atoms with E-state index in [0.717, 1.165) is 5.56 Å². The number of rotatable bonds is 6. The molecule has 0 aliphatic rings. The molecule has 3 N–H and O–H groups in total. The van der Waals surface area contributed by atoms with Crippen molar-refractivity contribution in [3.05, 3.63) is 52.4 Å². The summed E-state index contributed by atoms with van der Waals surface area (Å²) in [4.78, 5) is 34.6. The number of methoxy groups -OCH3 is 1. The molecule has 0 unspecified atom stereocenters. The molecule has 0 fully saturated rings. The number of nitrogens with one attached hydrogen (secondary N) is 3. The van der Waals surface area contributed by atoms with Gasteiger partial charge in [-0.2, -0.15) is 0 Å². The van der Waals surface area contributed by atoms with Crippen LogP contribution in [-0.2, 0) is 16.1 Å². The van der Waals surface area contributed by atoms with Crippen LogP contribution in [0, 0.1) is 0 Å². The number of hydrogen-bond acceptors (Lipinski definition) is 5. The number of ether oxygens (including phenoxy) is 1. The van der Waals surface area contributed by atoms with E-state index in [0.29, 0.717) is 16.9 Å². The molecule has 0 aliphatic carbocycles. The van der Waals surface area contributed by atoms with Crippen molar-refractivity contribution in [1.29, 1.82) is 0 Å². The predicted molar refractivity (Wildman–Crippen MR) is 93.1 cm³/mol. The molecule has 0 bridgehead atoms. The van der Waals surface area contributed by atoms with Crippen LogP contribution in [0.3, 0.4) is 0 Å². The molecule has 2 rings (SSSR count). The largest absolute Gasteiger partial charge is 0.453 e.